The molecule has 1 heterocycles. The molecule has 0 radical (unpaired) electrons. The van der Waals surface area contributed by atoms with Gasteiger partial charge in [0.2, 0.25) is 5.91 Å². The van der Waals surface area contributed by atoms with E-state index in [1.54, 1.807) is 0 Å². The van der Waals surface area contributed by atoms with Gasteiger partial charge in [0.1, 0.15) is 0 Å². The predicted octanol–water partition coefficient (Wildman–Crippen LogP) is 4.58. The van der Waals surface area contributed by atoms with Crippen molar-refractivity contribution in [2.45, 2.75) is 111 Å². The molecule has 1 N–H and O–H groups in total. The van der Waals surface area contributed by atoms with Crippen LogP contribution in [0.1, 0.15) is 87.5 Å². The largest absolute Gasteiger partial charge is 0.457 e. The summed E-state index contributed by atoms with van der Waals surface area (Å²) in [5, 5.41) is 3.20. The lowest BCUT2D eigenvalue weighted by molar-refractivity contribution is -0.133. The SMILES string of the molecule is CC(C)(C)NC(=O)[C@]1(C)CCC[C@@H]1CCCB1OC(C)(C)C(C)(C)O1. The summed E-state index contributed by atoms with van der Waals surface area (Å²) in [6.45, 7) is 16.7. The van der Waals surface area contributed by atoms with Crippen LogP contribution in [0.3, 0.4) is 0 Å². The van der Waals surface area contributed by atoms with Crippen molar-refractivity contribution in [2.75, 3.05) is 0 Å². The average molecular weight is 351 g/mol. The first-order valence-corrected chi connectivity index (χ1v) is 9.95. The quantitative estimate of drug-likeness (QED) is 0.738. The molecule has 2 rings (SSSR count). The highest BCUT2D eigenvalue weighted by molar-refractivity contribution is 6.45. The lowest BCUT2D eigenvalue weighted by Gasteiger charge is -2.34. The van der Waals surface area contributed by atoms with Gasteiger partial charge in [-0.15, -0.1) is 0 Å². The molecule has 5 heteroatoms. The lowest BCUT2D eigenvalue weighted by atomic mass is 9.73. The van der Waals surface area contributed by atoms with Crippen LogP contribution < -0.4 is 5.32 Å². The van der Waals surface area contributed by atoms with Gasteiger partial charge in [0.25, 0.3) is 0 Å². The molecule has 0 spiro atoms. The molecule has 25 heavy (non-hydrogen) atoms. The first-order valence-electron chi connectivity index (χ1n) is 9.95. The van der Waals surface area contributed by atoms with Crippen molar-refractivity contribution in [1.29, 1.82) is 0 Å². The van der Waals surface area contributed by atoms with Crippen molar-refractivity contribution in [3.05, 3.63) is 0 Å². The molecule has 144 valence electrons. The van der Waals surface area contributed by atoms with Crippen LogP contribution in [-0.4, -0.2) is 29.8 Å². The predicted molar refractivity (Wildman–Crippen MR) is 103 cm³/mol. The third-order valence-electron chi connectivity index (χ3n) is 6.45. The monoisotopic (exact) mass is 351 g/mol. The van der Waals surface area contributed by atoms with E-state index in [4.69, 9.17) is 9.31 Å². The van der Waals surface area contributed by atoms with E-state index in [2.05, 4.69) is 60.7 Å². The summed E-state index contributed by atoms with van der Waals surface area (Å²) in [6, 6.07) is 0. The first-order chi connectivity index (χ1) is 11.3. The molecule has 1 amide bonds. The van der Waals surface area contributed by atoms with Gasteiger partial charge in [0, 0.05) is 11.0 Å². The number of amides is 1. The van der Waals surface area contributed by atoms with Crippen molar-refractivity contribution in [2.24, 2.45) is 11.3 Å². The van der Waals surface area contributed by atoms with E-state index in [1.807, 2.05) is 0 Å². The summed E-state index contributed by atoms with van der Waals surface area (Å²) in [7, 11) is -0.124. The summed E-state index contributed by atoms with van der Waals surface area (Å²) in [5.41, 5.74) is -0.919. The van der Waals surface area contributed by atoms with Crippen molar-refractivity contribution < 1.29 is 14.1 Å². The van der Waals surface area contributed by atoms with Crippen LogP contribution in [0.5, 0.6) is 0 Å². The van der Waals surface area contributed by atoms with Crippen molar-refractivity contribution >= 4 is 13.0 Å². The molecule has 0 bridgehead atoms. The molecule has 2 atom stereocenters. The smallest absolute Gasteiger partial charge is 0.403 e. The summed E-state index contributed by atoms with van der Waals surface area (Å²) < 4.78 is 12.2. The molecule has 2 fully saturated rings. The maximum absolute atomic E-state index is 12.8. The molecular formula is C20H38BNO3. The fraction of sp³-hybridized carbons (Fsp3) is 0.950. The van der Waals surface area contributed by atoms with Crippen LogP contribution in [0.2, 0.25) is 6.32 Å². The highest BCUT2D eigenvalue weighted by Crippen LogP contribution is 2.46. The van der Waals surface area contributed by atoms with Crippen LogP contribution in [0, 0.1) is 11.3 Å². The normalized spacial score (nSPS) is 31.4. The number of rotatable bonds is 5. The second-order valence-electron chi connectivity index (χ2n) is 10.3. The maximum atomic E-state index is 12.8. The van der Waals surface area contributed by atoms with E-state index < -0.39 is 0 Å². The molecule has 2 aliphatic rings. The van der Waals surface area contributed by atoms with E-state index >= 15 is 0 Å². The molecule has 0 aromatic rings. The zero-order valence-corrected chi connectivity index (χ0v) is 17.6. The molecule has 1 aliphatic heterocycles. The standard InChI is InChI=1S/C20H38BNO3/c1-17(2,3)22-16(23)20(8)13-9-11-15(20)12-10-14-21-24-18(4,5)19(6,7)25-21/h15H,9-14H2,1-8H3,(H,22,23)/t15-,20-/m1/s1. The highest BCUT2D eigenvalue weighted by atomic mass is 16.7. The van der Waals surface area contributed by atoms with Gasteiger partial charge in [-0.05, 0) is 80.0 Å². The zero-order valence-electron chi connectivity index (χ0n) is 17.6. The van der Waals surface area contributed by atoms with Gasteiger partial charge in [-0.25, -0.2) is 0 Å². The minimum atomic E-state index is -0.258. The van der Waals surface area contributed by atoms with Crippen LogP contribution in [0.25, 0.3) is 0 Å². The van der Waals surface area contributed by atoms with E-state index in [0.717, 1.165) is 38.4 Å². The third kappa shape index (κ3) is 4.60. The van der Waals surface area contributed by atoms with E-state index in [0.29, 0.717) is 5.92 Å². The van der Waals surface area contributed by atoms with Gasteiger partial charge in [-0.1, -0.05) is 19.8 Å². The number of nitrogens with one attached hydrogen (secondary N) is 1. The first kappa shape index (κ1) is 20.8. The Hall–Kier alpha value is -0.545. The van der Waals surface area contributed by atoms with Crippen molar-refractivity contribution in [1.82, 2.24) is 5.32 Å². The third-order valence-corrected chi connectivity index (χ3v) is 6.45. The Kier molecular flexibility index (Phi) is 5.72. The molecular weight excluding hydrogens is 313 g/mol. The average Bonchev–Trinajstić information content (AvgIpc) is 2.87. The number of hydrogen-bond acceptors (Lipinski definition) is 3. The zero-order chi connectivity index (χ0) is 19.1. The number of carbonyl (C=O) groups excluding carboxylic acids is 1. The van der Waals surface area contributed by atoms with Crippen LogP contribution in [0.15, 0.2) is 0 Å². The van der Waals surface area contributed by atoms with Crippen LogP contribution in [0.4, 0.5) is 0 Å². The topological polar surface area (TPSA) is 47.6 Å². The molecule has 0 unspecified atom stereocenters. The van der Waals surface area contributed by atoms with Gasteiger partial charge in [0.15, 0.2) is 0 Å². The van der Waals surface area contributed by atoms with Crippen LogP contribution >= 0.6 is 0 Å². The molecule has 4 nitrogen and oxygen atoms in total. The Labute approximate surface area is 154 Å². The number of carbonyl (C=O) groups is 1. The Morgan fingerprint density at radius 3 is 2.20 bits per heavy atom. The van der Waals surface area contributed by atoms with Gasteiger partial charge in [0.05, 0.1) is 11.2 Å². The second-order valence-corrected chi connectivity index (χ2v) is 10.3. The second kappa shape index (κ2) is 6.88. The number of hydrogen-bond donors (Lipinski definition) is 1. The summed E-state index contributed by atoms with van der Waals surface area (Å²) in [6.07, 6.45) is 6.31. The molecule has 0 aromatic carbocycles. The molecule has 1 saturated heterocycles. The van der Waals surface area contributed by atoms with Crippen molar-refractivity contribution in [3.63, 3.8) is 0 Å². The molecule has 1 aliphatic carbocycles. The van der Waals surface area contributed by atoms with E-state index in [1.165, 1.54) is 0 Å². The minimum Gasteiger partial charge on any atom is -0.403 e. The Morgan fingerprint density at radius 1 is 1.12 bits per heavy atom. The summed E-state index contributed by atoms with van der Waals surface area (Å²) in [4.78, 5) is 12.8. The molecule has 1 saturated carbocycles. The van der Waals surface area contributed by atoms with E-state index in [-0.39, 0.29) is 35.2 Å². The fourth-order valence-corrected chi connectivity index (χ4v) is 4.10. The minimum absolute atomic E-state index is 0.124. The fourth-order valence-electron chi connectivity index (χ4n) is 4.10. The van der Waals surface area contributed by atoms with Gasteiger partial charge < -0.3 is 14.6 Å². The molecule has 0 aromatic heterocycles. The summed E-state index contributed by atoms with van der Waals surface area (Å²) in [5.74, 6) is 0.676. The van der Waals surface area contributed by atoms with Gasteiger partial charge in [-0.2, -0.15) is 0 Å². The van der Waals surface area contributed by atoms with Gasteiger partial charge in [-0.3, -0.25) is 4.79 Å². The van der Waals surface area contributed by atoms with Crippen molar-refractivity contribution in [3.8, 4) is 0 Å². The van der Waals surface area contributed by atoms with Crippen LogP contribution in [-0.2, 0) is 14.1 Å². The Bertz CT molecular complexity index is 482. The highest BCUT2D eigenvalue weighted by Gasteiger charge is 2.51. The van der Waals surface area contributed by atoms with E-state index in [9.17, 15) is 4.79 Å². The van der Waals surface area contributed by atoms with Gasteiger partial charge >= 0.3 is 7.12 Å². The lowest BCUT2D eigenvalue weighted by Crippen LogP contribution is -2.49. The summed E-state index contributed by atoms with van der Waals surface area (Å²) >= 11 is 0. The Balaban J connectivity index is 1.87. The Morgan fingerprint density at radius 2 is 1.68 bits per heavy atom. The maximum Gasteiger partial charge on any atom is 0.457 e.